The summed E-state index contributed by atoms with van der Waals surface area (Å²) >= 11 is 2.07. The Balaban J connectivity index is 2.68. The van der Waals surface area contributed by atoms with Gasteiger partial charge in [-0.2, -0.15) is 0 Å². The fraction of sp³-hybridized carbons (Fsp3) is 0.733. The van der Waals surface area contributed by atoms with Crippen molar-refractivity contribution < 1.29 is 0 Å². The van der Waals surface area contributed by atoms with Crippen molar-refractivity contribution in [1.82, 2.24) is 5.32 Å². The molecule has 18 heavy (non-hydrogen) atoms. The van der Waals surface area contributed by atoms with Crippen LogP contribution in [-0.2, 0) is 0 Å². The summed E-state index contributed by atoms with van der Waals surface area (Å²) in [5, 5.41) is 3.74. The molecule has 1 heterocycles. The predicted octanol–water partition coefficient (Wildman–Crippen LogP) is 4.66. The van der Waals surface area contributed by atoms with Gasteiger partial charge in [0, 0.05) is 0 Å². The second-order valence-electron chi connectivity index (χ2n) is 6.16. The average Bonchev–Trinajstić information content (AvgIpc) is 2.33. The molecule has 1 rings (SSSR count). The normalized spacial score (nSPS) is 21.7. The van der Waals surface area contributed by atoms with Gasteiger partial charge in [0.1, 0.15) is 0 Å². The van der Waals surface area contributed by atoms with Gasteiger partial charge in [-0.15, -0.1) is 0 Å². The summed E-state index contributed by atoms with van der Waals surface area (Å²) in [7, 11) is -1.25. The molecule has 0 saturated heterocycles. The minimum absolute atomic E-state index is 0.469. The molecule has 1 aliphatic heterocycles. The number of hydrogen-bond donors (Lipinski definition) is 1. The van der Waals surface area contributed by atoms with E-state index in [2.05, 4.69) is 56.7 Å². The van der Waals surface area contributed by atoms with E-state index in [0.29, 0.717) is 6.04 Å². The fourth-order valence-corrected chi connectivity index (χ4v) is 6.05. The van der Waals surface area contributed by atoms with Crippen molar-refractivity contribution in [1.29, 1.82) is 0 Å². The van der Waals surface area contributed by atoms with Crippen LogP contribution in [0.4, 0.5) is 0 Å². The van der Waals surface area contributed by atoms with E-state index < -0.39 is 7.26 Å². The van der Waals surface area contributed by atoms with E-state index in [-0.39, 0.29) is 0 Å². The van der Waals surface area contributed by atoms with Crippen LogP contribution in [0.15, 0.2) is 23.0 Å². The van der Waals surface area contributed by atoms with Gasteiger partial charge in [0.2, 0.25) is 0 Å². The van der Waals surface area contributed by atoms with Gasteiger partial charge in [-0.05, 0) is 0 Å². The minimum atomic E-state index is -1.25. The summed E-state index contributed by atoms with van der Waals surface area (Å²) in [6.07, 6.45) is 8.77. The van der Waals surface area contributed by atoms with Gasteiger partial charge < -0.3 is 0 Å². The molecule has 106 valence electrons. The zero-order valence-electron chi connectivity index (χ0n) is 12.5. The first kappa shape index (κ1) is 16.1. The van der Waals surface area contributed by atoms with Crippen LogP contribution in [0.5, 0.6) is 0 Å². The van der Waals surface area contributed by atoms with Gasteiger partial charge in [-0.1, -0.05) is 0 Å². The van der Waals surface area contributed by atoms with Crippen molar-refractivity contribution in [3.8, 4) is 0 Å². The Hall–Kier alpha value is 0.0600. The molecule has 1 N–H and O–H groups in total. The Kier molecular flexibility index (Phi) is 6.81. The summed E-state index contributed by atoms with van der Waals surface area (Å²) in [6.45, 7) is 13.5. The summed E-state index contributed by atoms with van der Waals surface area (Å²) in [5.41, 5.74) is 1.58. The van der Waals surface area contributed by atoms with E-state index in [1.165, 1.54) is 32.1 Å². The maximum absolute atomic E-state index is 3.93. The molecule has 0 aromatic rings. The van der Waals surface area contributed by atoms with Crippen LogP contribution in [0.25, 0.3) is 0 Å². The van der Waals surface area contributed by atoms with E-state index in [4.69, 9.17) is 0 Å². The number of nitrogens with one attached hydrogen (secondary N) is 1. The molecule has 0 aliphatic carbocycles. The summed E-state index contributed by atoms with van der Waals surface area (Å²) < 4.78 is 0. The van der Waals surface area contributed by atoms with Crippen molar-refractivity contribution in [3.63, 3.8) is 0 Å². The third-order valence-corrected chi connectivity index (χ3v) is 6.75. The Morgan fingerprint density at radius 1 is 1.33 bits per heavy atom. The van der Waals surface area contributed by atoms with E-state index in [1.54, 1.807) is 10.3 Å². The molecule has 0 fully saturated rings. The molecule has 1 unspecified atom stereocenters. The zero-order chi connectivity index (χ0) is 13.6. The van der Waals surface area contributed by atoms with Gasteiger partial charge in [0.25, 0.3) is 0 Å². The average molecular weight is 287 g/mol. The third-order valence-electron chi connectivity index (χ3n) is 3.34. The maximum atomic E-state index is 3.93. The fourth-order valence-electron chi connectivity index (χ4n) is 2.24. The molecule has 0 saturated carbocycles. The van der Waals surface area contributed by atoms with Crippen LogP contribution >= 0.6 is 19.0 Å². The summed E-state index contributed by atoms with van der Waals surface area (Å²) in [5.74, 6) is 1.15. The molecule has 0 aromatic heterocycles. The first-order valence-electron chi connectivity index (χ1n) is 7.24. The first-order valence-corrected chi connectivity index (χ1v) is 11.7. The molecule has 0 aromatic carbocycles. The molecule has 0 amide bonds. The topological polar surface area (TPSA) is 12.0 Å². The molecule has 0 spiro atoms. The van der Waals surface area contributed by atoms with E-state index >= 15 is 0 Å². The molecule has 0 radical (unpaired) electrons. The molecule has 1 aliphatic rings. The summed E-state index contributed by atoms with van der Waals surface area (Å²) in [6, 6.07) is 0.469. The second-order valence-corrected chi connectivity index (χ2v) is 12.3. The number of rotatable bonds is 7. The van der Waals surface area contributed by atoms with Crippen molar-refractivity contribution in [2.75, 3.05) is 25.7 Å². The molecule has 1 nitrogen and oxygen atoms in total. The third kappa shape index (κ3) is 4.97. The molecule has 3 heteroatoms. The molecule has 1 atom stereocenters. The van der Waals surface area contributed by atoms with Crippen LogP contribution in [0.1, 0.15) is 39.0 Å². The van der Waals surface area contributed by atoms with Crippen LogP contribution in [0.2, 0.25) is 0 Å². The SMILES string of the molecule is C=CC1CSC(CCCCCC)=C([PH](C)(C)C)N1. The molecular formula is C15H30NPS. The Bertz CT molecular complexity index is 304. The van der Waals surface area contributed by atoms with Gasteiger partial charge in [-0.25, -0.2) is 0 Å². The second kappa shape index (κ2) is 7.60. The zero-order valence-corrected chi connectivity index (χ0v) is 14.3. The van der Waals surface area contributed by atoms with E-state index in [0.717, 1.165) is 5.75 Å². The monoisotopic (exact) mass is 287 g/mol. The standard InChI is InChI=1S/C15H30NPS/c1-6-8-9-10-11-14-15(17(3,4)5)16-13(7-2)12-18-14/h7,13,16-17H,2,6,8-12H2,1,3-5H3. The van der Waals surface area contributed by atoms with Crippen molar-refractivity contribution in [3.05, 3.63) is 23.0 Å². The van der Waals surface area contributed by atoms with E-state index in [9.17, 15) is 0 Å². The van der Waals surface area contributed by atoms with Gasteiger partial charge in [0.15, 0.2) is 0 Å². The van der Waals surface area contributed by atoms with E-state index in [1.807, 2.05) is 0 Å². The van der Waals surface area contributed by atoms with Crippen LogP contribution < -0.4 is 5.32 Å². The van der Waals surface area contributed by atoms with Crippen LogP contribution in [-0.4, -0.2) is 31.8 Å². The number of thioether (sulfide) groups is 1. The number of allylic oxidation sites excluding steroid dienone is 1. The van der Waals surface area contributed by atoms with Crippen molar-refractivity contribution >= 4 is 19.0 Å². The number of unbranched alkanes of at least 4 members (excludes halogenated alkanes) is 3. The quantitative estimate of drug-likeness (QED) is 0.415. The Morgan fingerprint density at radius 2 is 2.06 bits per heavy atom. The predicted molar refractivity (Wildman–Crippen MR) is 91.5 cm³/mol. The van der Waals surface area contributed by atoms with Crippen molar-refractivity contribution in [2.24, 2.45) is 0 Å². The Morgan fingerprint density at radius 3 is 2.61 bits per heavy atom. The molecule has 0 bridgehead atoms. The molecular weight excluding hydrogens is 257 g/mol. The van der Waals surface area contributed by atoms with Gasteiger partial charge in [-0.3, -0.25) is 0 Å². The first-order chi connectivity index (χ1) is 8.49. The number of hydrogen-bond acceptors (Lipinski definition) is 2. The van der Waals surface area contributed by atoms with Crippen LogP contribution in [0.3, 0.4) is 0 Å². The van der Waals surface area contributed by atoms with Crippen LogP contribution in [0, 0.1) is 0 Å². The summed E-state index contributed by atoms with van der Waals surface area (Å²) in [4.78, 5) is 1.64. The Labute approximate surface area is 118 Å². The van der Waals surface area contributed by atoms with Crippen molar-refractivity contribution in [2.45, 2.75) is 45.1 Å². The van der Waals surface area contributed by atoms with Gasteiger partial charge in [0.05, 0.1) is 0 Å². The van der Waals surface area contributed by atoms with Gasteiger partial charge >= 0.3 is 118 Å².